The SMILES string of the molecule is CCCS(=O)(=O)NC1CCN(C2CC2)CC1. The molecule has 2 fully saturated rings. The second-order valence-corrected chi connectivity index (χ2v) is 6.85. The average molecular weight is 246 g/mol. The van der Waals surface area contributed by atoms with Gasteiger partial charge in [-0.05, 0) is 45.2 Å². The molecule has 1 heterocycles. The van der Waals surface area contributed by atoms with Crippen LogP contribution in [0.15, 0.2) is 0 Å². The van der Waals surface area contributed by atoms with E-state index < -0.39 is 10.0 Å². The molecule has 0 atom stereocenters. The zero-order chi connectivity index (χ0) is 11.6. The van der Waals surface area contributed by atoms with E-state index in [1.54, 1.807) is 0 Å². The predicted molar refractivity (Wildman–Crippen MR) is 64.8 cm³/mol. The molecule has 2 aliphatic rings. The van der Waals surface area contributed by atoms with Gasteiger partial charge >= 0.3 is 0 Å². The Bertz CT molecular complexity index is 317. The maximum Gasteiger partial charge on any atom is 0.211 e. The highest BCUT2D eigenvalue weighted by Crippen LogP contribution is 2.29. The highest BCUT2D eigenvalue weighted by atomic mass is 32.2. The van der Waals surface area contributed by atoms with Gasteiger partial charge in [0.1, 0.15) is 0 Å². The number of hydrogen-bond donors (Lipinski definition) is 1. The lowest BCUT2D eigenvalue weighted by Gasteiger charge is -2.32. The van der Waals surface area contributed by atoms with Crippen LogP contribution < -0.4 is 4.72 Å². The van der Waals surface area contributed by atoms with Crippen LogP contribution in [0.4, 0.5) is 0 Å². The van der Waals surface area contributed by atoms with Crippen LogP contribution in [0.25, 0.3) is 0 Å². The van der Waals surface area contributed by atoms with Gasteiger partial charge in [-0.2, -0.15) is 0 Å². The van der Waals surface area contributed by atoms with Crippen LogP contribution in [0, 0.1) is 0 Å². The van der Waals surface area contributed by atoms with Crippen molar-refractivity contribution in [1.82, 2.24) is 9.62 Å². The highest BCUT2D eigenvalue weighted by Gasteiger charge is 2.32. The first-order valence-corrected chi connectivity index (χ1v) is 8.00. The molecule has 1 aliphatic carbocycles. The lowest BCUT2D eigenvalue weighted by Crippen LogP contribution is -2.45. The fourth-order valence-electron chi connectivity index (χ4n) is 2.40. The third kappa shape index (κ3) is 3.43. The number of nitrogens with zero attached hydrogens (tertiary/aromatic N) is 1. The molecule has 94 valence electrons. The molecule has 0 aromatic heterocycles. The topological polar surface area (TPSA) is 49.4 Å². The Morgan fingerprint density at radius 3 is 2.31 bits per heavy atom. The largest absolute Gasteiger partial charge is 0.300 e. The normalized spacial score (nSPS) is 24.8. The number of piperidine rings is 1. The maximum atomic E-state index is 11.6. The second-order valence-electron chi connectivity index (χ2n) is 4.98. The average Bonchev–Trinajstić information content (AvgIpc) is 3.01. The Morgan fingerprint density at radius 1 is 1.19 bits per heavy atom. The van der Waals surface area contributed by atoms with Crippen LogP contribution in [-0.4, -0.2) is 44.2 Å². The number of likely N-dealkylation sites (tertiary alicyclic amines) is 1. The van der Waals surface area contributed by atoms with Crippen LogP contribution in [0.3, 0.4) is 0 Å². The first-order chi connectivity index (χ1) is 7.61. The van der Waals surface area contributed by atoms with E-state index in [0.29, 0.717) is 6.42 Å². The van der Waals surface area contributed by atoms with Crippen molar-refractivity contribution in [2.45, 2.75) is 51.1 Å². The van der Waals surface area contributed by atoms with Gasteiger partial charge in [0, 0.05) is 12.1 Å². The lowest BCUT2D eigenvalue weighted by molar-refractivity contribution is 0.199. The summed E-state index contributed by atoms with van der Waals surface area (Å²) in [6.07, 6.45) is 5.31. The fourth-order valence-corrected chi connectivity index (χ4v) is 3.80. The van der Waals surface area contributed by atoms with E-state index in [1.165, 1.54) is 12.8 Å². The minimum atomic E-state index is -3.02. The molecule has 1 saturated carbocycles. The summed E-state index contributed by atoms with van der Waals surface area (Å²) < 4.78 is 26.0. The van der Waals surface area contributed by atoms with Gasteiger partial charge in [-0.3, -0.25) is 0 Å². The molecule has 0 spiro atoms. The summed E-state index contributed by atoms with van der Waals surface area (Å²) in [7, 11) is -3.02. The first kappa shape index (κ1) is 12.3. The molecule has 0 amide bonds. The summed E-state index contributed by atoms with van der Waals surface area (Å²) in [6.45, 7) is 4.02. The van der Waals surface area contributed by atoms with Gasteiger partial charge < -0.3 is 4.90 Å². The van der Waals surface area contributed by atoms with Gasteiger partial charge in [-0.25, -0.2) is 13.1 Å². The maximum absolute atomic E-state index is 11.6. The Labute approximate surface area is 98.4 Å². The van der Waals surface area contributed by atoms with Crippen molar-refractivity contribution in [2.75, 3.05) is 18.8 Å². The molecule has 1 N–H and O–H groups in total. The van der Waals surface area contributed by atoms with Gasteiger partial charge in [-0.1, -0.05) is 6.92 Å². The lowest BCUT2D eigenvalue weighted by atomic mass is 10.1. The van der Waals surface area contributed by atoms with Crippen molar-refractivity contribution in [2.24, 2.45) is 0 Å². The van der Waals surface area contributed by atoms with Crippen molar-refractivity contribution in [1.29, 1.82) is 0 Å². The van der Waals surface area contributed by atoms with Gasteiger partial charge in [0.15, 0.2) is 0 Å². The van der Waals surface area contributed by atoms with Crippen molar-refractivity contribution >= 4 is 10.0 Å². The molecular formula is C11H22N2O2S. The van der Waals surface area contributed by atoms with E-state index in [9.17, 15) is 8.42 Å². The number of hydrogen-bond acceptors (Lipinski definition) is 3. The molecule has 0 bridgehead atoms. The molecule has 4 nitrogen and oxygen atoms in total. The fraction of sp³-hybridized carbons (Fsp3) is 1.00. The molecule has 1 aliphatic heterocycles. The van der Waals surface area contributed by atoms with Gasteiger partial charge in [-0.15, -0.1) is 0 Å². The molecule has 0 radical (unpaired) electrons. The summed E-state index contributed by atoms with van der Waals surface area (Å²) in [4.78, 5) is 2.50. The quantitative estimate of drug-likeness (QED) is 0.785. The van der Waals surface area contributed by atoms with E-state index in [-0.39, 0.29) is 11.8 Å². The van der Waals surface area contributed by atoms with Gasteiger partial charge in [0.25, 0.3) is 0 Å². The molecule has 0 aromatic rings. The zero-order valence-corrected chi connectivity index (χ0v) is 10.8. The molecule has 0 unspecified atom stereocenters. The standard InChI is InChI=1S/C11H22N2O2S/c1-2-9-16(14,15)12-10-5-7-13(8-6-10)11-3-4-11/h10-12H,2-9H2,1H3. The van der Waals surface area contributed by atoms with Crippen molar-refractivity contribution < 1.29 is 8.42 Å². The molecule has 2 rings (SSSR count). The number of rotatable bonds is 5. The monoisotopic (exact) mass is 246 g/mol. The highest BCUT2D eigenvalue weighted by molar-refractivity contribution is 7.89. The summed E-state index contributed by atoms with van der Waals surface area (Å²) in [5.41, 5.74) is 0. The Hall–Kier alpha value is -0.130. The molecule has 1 saturated heterocycles. The van der Waals surface area contributed by atoms with Crippen LogP contribution in [0.1, 0.15) is 39.0 Å². The molecule has 0 aromatic carbocycles. The summed E-state index contributed by atoms with van der Waals surface area (Å²) in [5.74, 6) is 0.260. The van der Waals surface area contributed by atoms with Gasteiger partial charge in [0.2, 0.25) is 10.0 Å². The van der Waals surface area contributed by atoms with Gasteiger partial charge in [0.05, 0.1) is 5.75 Å². The third-order valence-corrected chi connectivity index (χ3v) is 5.05. The van der Waals surface area contributed by atoms with Crippen molar-refractivity contribution in [3.63, 3.8) is 0 Å². The Morgan fingerprint density at radius 2 is 1.81 bits per heavy atom. The van der Waals surface area contributed by atoms with E-state index in [2.05, 4.69) is 9.62 Å². The van der Waals surface area contributed by atoms with Crippen LogP contribution >= 0.6 is 0 Å². The first-order valence-electron chi connectivity index (χ1n) is 6.35. The van der Waals surface area contributed by atoms with Crippen molar-refractivity contribution in [3.8, 4) is 0 Å². The third-order valence-electron chi connectivity index (χ3n) is 3.41. The second kappa shape index (κ2) is 5.02. The number of sulfonamides is 1. The van der Waals surface area contributed by atoms with E-state index >= 15 is 0 Å². The molecular weight excluding hydrogens is 224 g/mol. The van der Waals surface area contributed by atoms with Crippen LogP contribution in [0.5, 0.6) is 0 Å². The smallest absolute Gasteiger partial charge is 0.211 e. The van der Waals surface area contributed by atoms with E-state index in [0.717, 1.165) is 32.0 Å². The minimum Gasteiger partial charge on any atom is -0.300 e. The predicted octanol–water partition coefficient (Wildman–Crippen LogP) is 0.943. The van der Waals surface area contributed by atoms with E-state index in [4.69, 9.17) is 0 Å². The summed E-state index contributed by atoms with van der Waals surface area (Å²) in [5, 5.41) is 0. The zero-order valence-electron chi connectivity index (χ0n) is 9.98. The Balaban J connectivity index is 1.76. The molecule has 5 heteroatoms. The Kier molecular flexibility index (Phi) is 3.87. The molecule has 16 heavy (non-hydrogen) atoms. The number of nitrogens with one attached hydrogen (secondary N) is 1. The summed E-state index contributed by atoms with van der Waals surface area (Å²) >= 11 is 0. The minimum absolute atomic E-state index is 0.173. The summed E-state index contributed by atoms with van der Waals surface area (Å²) in [6, 6.07) is 0.986. The van der Waals surface area contributed by atoms with Crippen LogP contribution in [0.2, 0.25) is 0 Å². The van der Waals surface area contributed by atoms with Crippen LogP contribution in [-0.2, 0) is 10.0 Å². The van der Waals surface area contributed by atoms with Crippen molar-refractivity contribution in [3.05, 3.63) is 0 Å². The van der Waals surface area contributed by atoms with E-state index in [1.807, 2.05) is 6.92 Å².